The lowest BCUT2D eigenvalue weighted by Crippen LogP contribution is -2.63. The fourth-order valence-corrected chi connectivity index (χ4v) is 6.83. The Balaban J connectivity index is 1.37. The number of carbonyl (C=O) groups excluding carboxylic acids is 2. The molecule has 1 N–H and O–H groups in total. The van der Waals surface area contributed by atoms with Crippen molar-refractivity contribution in [2.75, 3.05) is 0 Å². The van der Waals surface area contributed by atoms with Gasteiger partial charge in [-0.2, -0.15) is 13.2 Å². The largest absolute Gasteiger partial charge is 0.434 e. The Labute approximate surface area is 188 Å². The van der Waals surface area contributed by atoms with Gasteiger partial charge in [-0.25, -0.2) is 9.37 Å². The van der Waals surface area contributed by atoms with Crippen molar-refractivity contribution in [2.24, 2.45) is 17.3 Å². The lowest BCUT2D eigenvalue weighted by Gasteiger charge is -2.62. The molecule has 4 fully saturated rings. The van der Waals surface area contributed by atoms with Crippen LogP contribution in [0.4, 0.5) is 17.6 Å². The van der Waals surface area contributed by atoms with Crippen molar-refractivity contribution in [2.45, 2.75) is 56.7 Å². The number of Topliss-reactive ketones (excluding diaryl/α,β-unsaturated/α-hetero) is 1. The van der Waals surface area contributed by atoms with E-state index in [1.54, 1.807) is 6.07 Å². The number of carbonyl (C=O) groups is 2. The summed E-state index contributed by atoms with van der Waals surface area (Å²) in [4.78, 5) is 32.9. The highest BCUT2D eigenvalue weighted by atomic mass is 19.4. The lowest BCUT2D eigenvalue weighted by molar-refractivity contribution is -0.141. The Hall–Kier alpha value is -2.84. The van der Waals surface area contributed by atoms with E-state index in [-0.39, 0.29) is 23.3 Å². The van der Waals surface area contributed by atoms with Gasteiger partial charge in [0, 0.05) is 17.5 Å². The molecule has 174 valence electrons. The zero-order valence-corrected chi connectivity index (χ0v) is 17.8. The van der Waals surface area contributed by atoms with E-state index in [1.807, 2.05) is 0 Å². The maximum atomic E-state index is 13.6. The van der Waals surface area contributed by atoms with Crippen LogP contribution in [-0.2, 0) is 6.18 Å². The quantitative estimate of drug-likeness (QED) is 0.504. The molecule has 4 saturated carbocycles. The average Bonchev–Trinajstić information content (AvgIpc) is 2.71. The molecule has 33 heavy (non-hydrogen) atoms. The SMILES string of the molecule is O=C(CC12CC3CC(C1)CC(NC(=O)c1cncc(C(F)(F)F)n1)(C3)C2)c1cccc(F)c1. The first kappa shape index (κ1) is 22.0. The van der Waals surface area contributed by atoms with E-state index in [0.717, 1.165) is 38.3 Å². The number of aromatic nitrogens is 2. The lowest BCUT2D eigenvalue weighted by atomic mass is 9.46. The maximum absolute atomic E-state index is 13.6. The number of hydrogen-bond donors (Lipinski definition) is 1. The first-order valence-electron chi connectivity index (χ1n) is 11.1. The van der Waals surface area contributed by atoms with E-state index in [1.165, 1.54) is 18.2 Å². The van der Waals surface area contributed by atoms with Crippen LogP contribution >= 0.6 is 0 Å². The van der Waals surface area contributed by atoms with Gasteiger partial charge in [-0.3, -0.25) is 14.6 Å². The predicted molar refractivity (Wildman–Crippen MR) is 110 cm³/mol. The van der Waals surface area contributed by atoms with Crippen LogP contribution in [0.25, 0.3) is 0 Å². The zero-order valence-electron chi connectivity index (χ0n) is 17.8. The van der Waals surface area contributed by atoms with E-state index in [0.29, 0.717) is 30.0 Å². The molecule has 5 nitrogen and oxygen atoms in total. The molecule has 1 aromatic heterocycles. The Kier molecular flexibility index (Phi) is 5.06. The molecule has 0 aliphatic heterocycles. The predicted octanol–water partition coefficient (Wildman–Crippen LogP) is 4.98. The molecule has 4 aliphatic rings. The smallest absolute Gasteiger partial charge is 0.345 e. The van der Waals surface area contributed by atoms with Crippen LogP contribution in [0.3, 0.4) is 0 Å². The van der Waals surface area contributed by atoms with Gasteiger partial charge >= 0.3 is 6.18 Å². The number of rotatable bonds is 5. The second kappa shape index (κ2) is 7.60. The highest BCUT2D eigenvalue weighted by molar-refractivity contribution is 5.96. The summed E-state index contributed by atoms with van der Waals surface area (Å²) in [6.07, 6.45) is 2.01. The van der Waals surface area contributed by atoms with Gasteiger partial charge < -0.3 is 5.32 Å². The average molecular weight is 461 g/mol. The molecule has 6 rings (SSSR count). The summed E-state index contributed by atoms with van der Waals surface area (Å²) >= 11 is 0. The second-order valence-corrected chi connectivity index (χ2v) is 10.1. The van der Waals surface area contributed by atoms with Crippen molar-refractivity contribution in [1.29, 1.82) is 0 Å². The minimum atomic E-state index is -4.69. The minimum absolute atomic E-state index is 0.123. The monoisotopic (exact) mass is 461 g/mol. The van der Waals surface area contributed by atoms with Crippen LogP contribution in [-0.4, -0.2) is 27.2 Å². The van der Waals surface area contributed by atoms with E-state index in [4.69, 9.17) is 0 Å². The van der Waals surface area contributed by atoms with Gasteiger partial charge in [0.2, 0.25) is 0 Å². The molecule has 1 heterocycles. The van der Waals surface area contributed by atoms with Gasteiger partial charge in [0.25, 0.3) is 5.91 Å². The van der Waals surface area contributed by atoms with Crippen LogP contribution in [0.2, 0.25) is 0 Å². The van der Waals surface area contributed by atoms with Crippen LogP contribution in [0, 0.1) is 23.1 Å². The molecular weight excluding hydrogens is 438 g/mol. The molecule has 0 radical (unpaired) electrons. The van der Waals surface area contributed by atoms with Gasteiger partial charge in [0.05, 0.1) is 12.4 Å². The number of amides is 1. The number of nitrogens with one attached hydrogen (secondary N) is 1. The highest BCUT2D eigenvalue weighted by Gasteiger charge is 2.58. The highest BCUT2D eigenvalue weighted by Crippen LogP contribution is 2.63. The molecule has 0 spiro atoms. The van der Waals surface area contributed by atoms with E-state index in [9.17, 15) is 27.2 Å². The minimum Gasteiger partial charge on any atom is -0.345 e. The van der Waals surface area contributed by atoms with Crippen molar-refractivity contribution in [1.82, 2.24) is 15.3 Å². The summed E-state index contributed by atoms with van der Waals surface area (Å²) in [7, 11) is 0. The van der Waals surface area contributed by atoms with Crippen molar-refractivity contribution >= 4 is 11.7 Å². The van der Waals surface area contributed by atoms with Crippen molar-refractivity contribution < 1.29 is 27.2 Å². The van der Waals surface area contributed by atoms with E-state index in [2.05, 4.69) is 15.3 Å². The van der Waals surface area contributed by atoms with Gasteiger partial charge in [-0.1, -0.05) is 12.1 Å². The molecule has 2 atom stereocenters. The normalized spacial score (nSPS) is 30.3. The molecule has 2 unspecified atom stereocenters. The van der Waals surface area contributed by atoms with Crippen LogP contribution in [0.5, 0.6) is 0 Å². The summed E-state index contributed by atoms with van der Waals surface area (Å²) < 4.78 is 52.6. The number of nitrogens with zero attached hydrogens (tertiary/aromatic N) is 2. The van der Waals surface area contributed by atoms with Gasteiger partial charge in [0.15, 0.2) is 11.5 Å². The van der Waals surface area contributed by atoms with Gasteiger partial charge in [-0.15, -0.1) is 0 Å². The van der Waals surface area contributed by atoms with Crippen molar-refractivity contribution in [3.05, 3.63) is 59.4 Å². The topological polar surface area (TPSA) is 72.0 Å². The van der Waals surface area contributed by atoms with Crippen molar-refractivity contribution in [3.8, 4) is 0 Å². The fourth-order valence-electron chi connectivity index (χ4n) is 6.83. The second-order valence-electron chi connectivity index (χ2n) is 10.1. The standard InChI is InChI=1S/C24H23F4N3O2/c25-17-3-1-2-16(5-17)19(32)10-22-6-14-4-15(7-22)9-23(8-14,13-22)31-21(33)18-11-29-12-20(30-18)24(26,27)28/h1-3,5,11-12,14-15H,4,6-10,13H2,(H,31,33). The van der Waals surface area contributed by atoms with Gasteiger partial charge in [0.1, 0.15) is 11.5 Å². The Morgan fingerprint density at radius 2 is 1.82 bits per heavy atom. The molecule has 0 saturated heterocycles. The Morgan fingerprint density at radius 1 is 1.09 bits per heavy atom. The molecule has 4 bridgehead atoms. The first-order valence-corrected chi connectivity index (χ1v) is 11.1. The third kappa shape index (κ3) is 4.25. The fraction of sp³-hybridized carbons (Fsp3) is 0.500. The van der Waals surface area contributed by atoms with Crippen LogP contribution in [0.1, 0.15) is 71.5 Å². The van der Waals surface area contributed by atoms with E-state index >= 15 is 0 Å². The third-order valence-electron chi connectivity index (χ3n) is 7.40. The Bertz CT molecular complexity index is 1100. The van der Waals surface area contributed by atoms with E-state index < -0.39 is 29.1 Å². The Morgan fingerprint density at radius 3 is 2.48 bits per heavy atom. The number of alkyl halides is 3. The molecule has 9 heteroatoms. The van der Waals surface area contributed by atoms with Crippen LogP contribution in [0.15, 0.2) is 36.7 Å². The number of ketones is 1. The molecular formula is C24H23F4N3O2. The summed E-state index contributed by atoms with van der Waals surface area (Å²) in [6.45, 7) is 0. The number of benzene rings is 1. The summed E-state index contributed by atoms with van der Waals surface area (Å²) in [6, 6.07) is 5.66. The first-order chi connectivity index (χ1) is 15.5. The maximum Gasteiger partial charge on any atom is 0.434 e. The summed E-state index contributed by atoms with van der Waals surface area (Å²) in [5, 5.41) is 2.99. The molecule has 2 aromatic rings. The number of halogens is 4. The summed E-state index contributed by atoms with van der Waals surface area (Å²) in [5.41, 5.74) is -2.13. The van der Waals surface area contributed by atoms with Gasteiger partial charge in [-0.05, 0) is 67.9 Å². The summed E-state index contributed by atoms with van der Waals surface area (Å²) in [5.74, 6) is -0.597. The third-order valence-corrected chi connectivity index (χ3v) is 7.40. The molecule has 1 aromatic carbocycles. The molecule has 4 aliphatic carbocycles. The van der Waals surface area contributed by atoms with Crippen molar-refractivity contribution in [3.63, 3.8) is 0 Å². The zero-order chi connectivity index (χ0) is 23.4. The van der Waals surface area contributed by atoms with Crippen LogP contribution < -0.4 is 5.32 Å². The molecule has 1 amide bonds. The number of hydrogen-bond acceptors (Lipinski definition) is 4.